The maximum Gasteiger partial charge on any atom is 0.0439 e. The lowest BCUT2D eigenvalue weighted by molar-refractivity contribution is 0.490. The average Bonchev–Trinajstić information content (AvgIpc) is 2.37. The molecule has 0 radical (unpaired) electrons. The molecular formula is C15H17NOS. The molecule has 1 heterocycles. The highest BCUT2D eigenvalue weighted by Crippen LogP contribution is 2.23. The molecule has 1 fully saturated rings. The third kappa shape index (κ3) is 2.33. The molecule has 0 spiro atoms. The van der Waals surface area contributed by atoms with Crippen molar-refractivity contribution in [3.8, 4) is 0 Å². The van der Waals surface area contributed by atoms with Gasteiger partial charge in [0.25, 0.3) is 0 Å². The summed E-state index contributed by atoms with van der Waals surface area (Å²) >= 11 is 0. The molecule has 1 aliphatic heterocycles. The van der Waals surface area contributed by atoms with Gasteiger partial charge in [-0.15, -0.1) is 0 Å². The zero-order chi connectivity index (χ0) is 12.5. The molecule has 3 rings (SSSR count). The molecular weight excluding hydrogens is 242 g/mol. The molecule has 1 saturated heterocycles. The molecule has 2 aromatic carbocycles. The Bertz CT molecular complexity index is 596. The van der Waals surface area contributed by atoms with Crippen molar-refractivity contribution < 1.29 is 4.21 Å². The Kier molecular flexibility index (Phi) is 3.18. The van der Waals surface area contributed by atoms with Gasteiger partial charge in [-0.05, 0) is 29.3 Å². The van der Waals surface area contributed by atoms with Crippen molar-refractivity contribution in [2.24, 2.45) is 0 Å². The van der Waals surface area contributed by atoms with E-state index in [1.54, 1.807) is 0 Å². The minimum atomic E-state index is -0.697. The maximum absolute atomic E-state index is 11.8. The Balaban J connectivity index is 1.96. The predicted molar refractivity (Wildman–Crippen MR) is 77.2 cm³/mol. The molecule has 0 aliphatic carbocycles. The summed E-state index contributed by atoms with van der Waals surface area (Å²) in [6.45, 7) is 2.10. The molecule has 0 bridgehead atoms. The second-order valence-corrected chi connectivity index (χ2v) is 6.55. The second-order valence-electron chi connectivity index (χ2n) is 5.00. The highest BCUT2D eigenvalue weighted by molar-refractivity contribution is 7.85. The second kappa shape index (κ2) is 4.82. The van der Waals surface area contributed by atoms with Crippen LogP contribution >= 0.6 is 0 Å². The SMILES string of the molecule is CC1CS(=O)CC(c2ccc3ccccc3c2)N1. The molecule has 18 heavy (non-hydrogen) atoms. The molecule has 3 heteroatoms. The Morgan fingerprint density at radius 3 is 2.67 bits per heavy atom. The lowest BCUT2D eigenvalue weighted by atomic mass is 10.0. The zero-order valence-electron chi connectivity index (χ0n) is 10.4. The van der Waals surface area contributed by atoms with Gasteiger partial charge in [0.15, 0.2) is 0 Å². The van der Waals surface area contributed by atoms with Gasteiger partial charge in [-0.25, -0.2) is 0 Å². The molecule has 1 aliphatic rings. The maximum atomic E-state index is 11.8. The third-order valence-electron chi connectivity index (χ3n) is 3.45. The highest BCUT2D eigenvalue weighted by Gasteiger charge is 2.24. The quantitative estimate of drug-likeness (QED) is 0.853. The fourth-order valence-electron chi connectivity index (χ4n) is 2.59. The topological polar surface area (TPSA) is 29.1 Å². The van der Waals surface area contributed by atoms with Gasteiger partial charge in [-0.1, -0.05) is 36.4 Å². The smallest absolute Gasteiger partial charge is 0.0439 e. The van der Waals surface area contributed by atoms with E-state index in [2.05, 4.69) is 54.7 Å². The summed E-state index contributed by atoms with van der Waals surface area (Å²) in [7, 11) is -0.697. The van der Waals surface area contributed by atoms with Crippen LogP contribution in [0.3, 0.4) is 0 Å². The van der Waals surface area contributed by atoms with E-state index >= 15 is 0 Å². The minimum Gasteiger partial charge on any atom is -0.306 e. The van der Waals surface area contributed by atoms with Gasteiger partial charge in [0, 0.05) is 34.4 Å². The molecule has 2 aromatic rings. The van der Waals surface area contributed by atoms with Crippen LogP contribution < -0.4 is 5.32 Å². The average molecular weight is 259 g/mol. The van der Waals surface area contributed by atoms with Crippen molar-refractivity contribution in [1.29, 1.82) is 0 Å². The summed E-state index contributed by atoms with van der Waals surface area (Å²) in [6, 6.07) is 15.4. The van der Waals surface area contributed by atoms with Crippen molar-refractivity contribution >= 4 is 21.6 Å². The Morgan fingerprint density at radius 2 is 1.89 bits per heavy atom. The van der Waals surface area contributed by atoms with Gasteiger partial charge < -0.3 is 5.32 Å². The fraction of sp³-hybridized carbons (Fsp3) is 0.333. The zero-order valence-corrected chi connectivity index (χ0v) is 11.2. The predicted octanol–water partition coefficient (Wildman–Crippen LogP) is 2.62. The van der Waals surface area contributed by atoms with E-state index in [4.69, 9.17) is 0 Å². The van der Waals surface area contributed by atoms with Crippen LogP contribution in [0.1, 0.15) is 18.5 Å². The van der Waals surface area contributed by atoms with Gasteiger partial charge in [-0.2, -0.15) is 0 Å². The van der Waals surface area contributed by atoms with Crippen LogP contribution in [0.15, 0.2) is 42.5 Å². The van der Waals surface area contributed by atoms with Crippen LogP contribution in [0, 0.1) is 0 Å². The Labute approximate surface area is 110 Å². The number of benzene rings is 2. The largest absolute Gasteiger partial charge is 0.306 e. The number of nitrogens with one attached hydrogen (secondary N) is 1. The number of rotatable bonds is 1. The molecule has 0 amide bonds. The lowest BCUT2D eigenvalue weighted by Crippen LogP contribution is -2.43. The van der Waals surface area contributed by atoms with Gasteiger partial charge in [0.1, 0.15) is 0 Å². The molecule has 1 N–H and O–H groups in total. The first kappa shape index (κ1) is 11.9. The van der Waals surface area contributed by atoms with Crippen LogP contribution in [0.5, 0.6) is 0 Å². The van der Waals surface area contributed by atoms with Crippen molar-refractivity contribution in [2.45, 2.75) is 19.0 Å². The van der Waals surface area contributed by atoms with E-state index in [9.17, 15) is 4.21 Å². The highest BCUT2D eigenvalue weighted by atomic mass is 32.2. The number of fused-ring (bicyclic) bond motifs is 1. The van der Waals surface area contributed by atoms with Crippen molar-refractivity contribution in [1.82, 2.24) is 5.32 Å². The van der Waals surface area contributed by atoms with Gasteiger partial charge in [-0.3, -0.25) is 4.21 Å². The van der Waals surface area contributed by atoms with E-state index in [-0.39, 0.29) is 6.04 Å². The first-order valence-corrected chi connectivity index (χ1v) is 7.81. The molecule has 94 valence electrons. The lowest BCUT2D eigenvalue weighted by Gasteiger charge is -2.28. The number of hydrogen-bond acceptors (Lipinski definition) is 2. The minimum absolute atomic E-state index is 0.221. The van der Waals surface area contributed by atoms with Gasteiger partial charge >= 0.3 is 0 Å². The molecule has 0 saturated carbocycles. The third-order valence-corrected chi connectivity index (χ3v) is 5.03. The van der Waals surface area contributed by atoms with E-state index in [0.29, 0.717) is 6.04 Å². The van der Waals surface area contributed by atoms with E-state index < -0.39 is 10.8 Å². The van der Waals surface area contributed by atoms with Crippen LogP contribution in [0.2, 0.25) is 0 Å². The Hall–Kier alpha value is -1.19. The number of hydrogen-bond donors (Lipinski definition) is 1. The van der Waals surface area contributed by atoms with E-state index in [1.807, 2.05) is 0 Å². The van der Waals surface area contributed by atoms with Crippen LogP contribution in [0.4, 0.5) is 0 Å². The van der Waals surface area contributed by atoms with Crippen molar-refractivity contribution in [2.75, 3.05) is 11.5 Å². The summed E-state index contributed by atoms with van der Waals surface area (Å²) in [4.78, 5) is 0. The summed E-state index contributed by atoms with van der Waals surface area (Å²) in [5.41, 5.74) is 1.24. The summed E-state index contributed by atoms with van der Waals surface area (Å²) in [6.07, 6.45) is 0. The normalized spacial score (nSPS) is 28.4. The van der Waals surface area contributed by atoms with Crippen molar-refractivity contribution in [3.05, 3.63) is 48.0 Å². The van der Waals surface area contributed by atoms with Crippen molar-refractivity contribution in [3.63, 3.8) is 0 Å². The monoisotopic (exact) mass is 259 g/mol. The van der Waals surface area contributed by atoms with Crippen LogP contribution in [0.25, 0.3) is 10.8 Å². The summed E-state index contributed by atoms with van der Waals surface area (Å²) in [5, 5.41) is 6.04. The van der Waals surface area contributed by atoms with Crippen LogP contribution in [-0.2, 0) is 10.8 Å². The molecule has 3 atom stereocenters. The first-order chi connectivity index (χ1) is 8.72. The van der Waals surface area contributed by atoms with E-state index in [0.717, 1.165) is 11.5 Å². The van der Waals surface area contributed by atoms with Crippen LogP contribution in [-0.4, -0.2) is 21.8 Å². The molecule has 3 unspecified atom stereocenters. The molecule has 2 nitrogen and oxygen atoms in total. The van der Waals surface area contributed by atoms with E-state index in [1.165, 1.54) is 16.3 Å². The summed E-state index contributed by atoms with van der Waals surface area (Å²) in [5.74, 6) is 1.49. The van der Waals surface area contributed by atoms with Gasteiger partial charge in [0.05, 0.1) is 0 Å². The fourth-order valence-corrected chi connectivity index (χ4v) is 4.04. The standard InChI is InChI=1S/C15H17NOS/c1-11-9-18(17)10-15(16-11)14-7-6-12-4-2-3-5-13(12)8-14/h2-8,11,15-16H,9-10H2,1H3. The van der Waals surface area contributed by atoms with Gasteiger partial charge in [0.2, 0.25) is 0 Å². The summed E-state index contributed by atoms with van der Waals surface area (Å²) < 4.78 is 11.8. The first-order valence-electron chi connectivity index (χ1n) is 6.32. The molecule has 0 aromatic heterocycles. The Morgan fingerprint density at radius 1 is 1.11 bits per heavy atom.